The molecule has 1 heterocycles. The third-order valence-electron chi connectivity index (χ3n) is 3.52. The van der Waals surface area contributed by atoms with Crippen LogP contribution in [0.25, 0.3) is 11.3 Å². The Kier molecular flexibility index (Phi) is 4.43. The Labute approximate surface area is 135 Å². The molecule has 3 rings (SSSR count). The first kappa shape index (κ1) is 14.9. The third kappa shape index (κ3) is 3.43. The summed E-state index contributed by atoms with van der Waals surface area (Å²) in [5.74, 6) is 0.336. The second-order valence-corrected chi connectivity index (χ2v) is 5.09. The van der Waals surface area contributed by atoms with Gasteiger partial charge in [-0.15, -0.1) is 0 Å². The molecule has 114 valence electrons. The van der Waals surface area contributed by atoms with Gasteiger partial charge in [-0.2, -0.15) is 0 Å². The number of anilines is 1. The van der Waals surface area contributed by atoms with Crippen molar-refractivity contribution in [2.45, 2.75) is 13.3 Å². The highest BCUT2D eigenvalue weighted by Crippen LogP contribution is 2.20. The van der Waals surface area contributed by atoms with Gasteiger partial charge >= 0.3 is 0 Å². The minimum atomic E-state index is -0.179. The second-order valence-electron chi connectivity index (χ2n) is 5.09. The molecule has 0 bridgehead atoms. The molecule has 0 aliphatic carbocycles. The molecule has 23 heavy (non-hydrogen) atoms. The molecular formula is C19H17N3O. The first-order chi connectivity index (χ1) is 11.3. The average Bonchev–Trinajstić information content (AvgIpc) is 2.63. The minimum Gasteiger partial charge on any atom is -0.305 e. The monoisotopic (exact) mass is 303 g/mol. The topological polar surface area (TPSA) is 54.9 Å². The van der Waals surface area contributed by atoms with Crippen molar-refractivity contribution >= 4 is 11.7 Å². The quantitative estimate of drug-likeness (QED) is 0.793. The molecule has 0 saturated carbocycles. The van der Waals surface area contributed by atoms with E-state index in [1.165, 1.54) is 0 Å². The van der Waals surface area contributed by atoms with Gasteiger partial charge in [-0.3, -0.25) is 4.79 Å². The second kappa shape index (κ2) is 6.83. The number of benzene rings is 2. The van der Waals surface area contributed by atoms with Crippen LogP contribution in [0.5, 0.6) is 0 Å². The Morgan fingerprint density at radius 1 is 1.00 bits per heavy atom. The summed E-state index contributed by atoms with van der Waals surface area (Å²) in [6.07, 6.45) is 2.38. The number of rotatable bonds is 4. The largest absolute Gasteiger partial charge is 0.305 e. The molecule has 0 unspecified atom stereocenters. The van der Waals surface area contributed by atoms with E-state index in [1.54, 1.807) is 18.3 Å². The molecule has 1 amide bonds. The van der Waals surface area contributed by atoms with Crippen LogP contribution in [-0.4, -0.2) is 15.9 Å². The van der Waals surface area contributed by atoms with E-state index < -0.39 is 0 Å². The predicted octanol–water partition coefficient (Wildman–Crippen LogP) is 3.96. The maximum Gasteiger partial charge on any atom is 0.256 e. The zero-order valence-corrected chi connectivity index (χ0v) is 12.9. The Hall–Kier alpha value is -3.01. The summed E-state index contributed by atoms with van der Waals surface area (Å²) in [5, 5.41) is 2.84. The fraction of sp³-hybridized carbons (Fsp3) is 0.105. The van der Waals surface area contributed by atoms with Gasteiger partial charge in [0.05, 0.1) is 17.6 Å². The van der Waals surface area contributed by atoms with E-state index >= 15 is 0 Å². The maximum atomic E-state index is 12.3. The van der Waals surface area contributed by atoms with Gasteiger partial charge in [0.25, 0.3) is 5.91 Å². The van der Waals surface area contributed by atoms with Crippen molar-refractivity contribution < 1.29 is 4.79 Å². The highest BCUT2D eigenvalue weighted by Gasteiger charge is 2.11. The molecule has 0 fully saturated rings. The van der Waals surface area contributed by atoms with Crippen molar-refractivity contribution in [2.75, 3.05) is 5.32 Å². The number of carbonyl (C=O) groups is 1. The summed E-state index contributed by atoms with van der Waals surface area (Å²) in [6, 6.07) is 19.0. The number of hydrogen-bond acceptors (Lipinski definition) is 3. The molecule has 1 N–H and O–H groups in total. The Bertz CT molecular complexity index is 801. The van der Waals surface area contributed by atoms with E-state index in [4.69, 9.17) is 0 Å². The first-order valence-corrected chi connectivity index (χ1v) is 7.55. The molecule has 0 atom stereocenters. The van der Waals surface area contributed by atoms with Crippen LogP contribution in [0.2, 0.25) is 0 Å². The van der Waals surface area contributed by atoms with Gasteiger partial charge in [0.1, 0.15) is 0 Å². The number of aromatic nitrogens is 2. The highest BCUT2D eigenvalue weighted by molar-refractivity contribution is 6.04. The Morgan fingerprint density at radius 3 is 2.30 bits per heavy atom. The van der Waals surface area contributed by atoms with E-state index in [0.717, 1.165) is 17.0 Å². The summed E-state index contributed by atoms with van der Waals surface area (Å²) >= 11 is 0. The third-order valence-corrected chi connectivity index (χ3v) is 3.52. The van der Waals surface area contributed by atoms with E-state index in [2.05, 4.69) is 15.3 Å². The molecule has 0 saturated heterocycles. The van der Waals surface area contributed by atoms with Crippen LogP contribution < -0.4 is 5.32 Å². The lowest BCUT2D eigenvalue weighted by atomic mass is 10.1. The van der Waals surface area contributed by atoms with Crippen molar-refractivity contribution in [3.8, 4) is 11.3 Å². The van der Waals surface area contributed by atoms with Crippen molar-refractivity contribution in [3.05, 3.63) is 78.1 Å². The standard InChI is InChI=1S/C19H17N3O/c1-2-16-18(22-19(23)15-11-7-4-8-12-15)20-13-17(21-16)14-9-5-3-6-10-14/h3-13H,2H2,1H3,(H,20,22,23). The molecule has 4 nitrogen and oxygen atoms in total. The lowest BCUT2D eigenvalue weighted by Gasteiger charge is -2.10. The minimum absolute atomic E-state index is 0.179. The summed E-state index contributed by atoms with van der Waals surface area (Å²) in [4.78, 5) is 21.3. The molecule has 0 spiro atoms. The van der Waals surface area contributed by atoms with Gasteiger partial charge in [0, 0.05) is 11.1 Å². The predicted molar refractivity (Wildman–Crippen MR) is 91.2 cm³/mol. The molecule has 3 aromatic rings. The lowest BCUT2D eigenvalue weighted by molar-refractivity contribution is 0.102. The van der Waals surface area contributed by atoms with Crippen LogP contribution in [0.1, 0.15) is 23.0 Å². The summed E-state index contributed by atoms with van der Waals surface area (Å²) < 4.78 is 0. The molecular weight excluding hydrogens is 286 g/mol. The number of aryl methyl sites for hydroxylation is 1. The molecule has 0 radical (unpaired) electrons. The smallest absolute Gasteiger partial charge is 0.256 e. The van der Waals surface area contributed by atoms with Gasteiger partial charge in [0.15, 0.2) is 5.82 Å². The summed E-state index contributed by atoms with van der Waals surface area (Å²) in [5.41, 5.74) is 3.19. The first-order valence-electron chi connectivity index (χ1n) is 7.55. The van der Waals surface area contributed by atoms with Crippen molar-refractivity contribution in [1.29, 1.82) is 0 Å². The van der Waals surface area contributed by atoms with E-state index in [-0.39, 0.29) is 5.91 Å². The summed E-state index contributed by atoms with van der Waals surface area (Å²) in [7, 11) is 0. The van der Waals surface area contributed by atoms with Gasteiger partial charge in [-0.25, -0.2) is 9.97 Å². The number of amides is 1. The van der Waals surface area contributed by atoms with Crippen molar-refractivity contribution in [3.63, 3.8) is 0 Å². The summed E-state index contributed by atoms with van der Waals surface area (Å²) in [6.45, 7) is 2.00. The number of nitrogens with one attached hydrogen (secondary N) is 1. The molecule has 2 aromatic carbocycles. The van der Waals surface area contributed by atoms with Crippen LogP contribution in [0.15, 0.2) is 66.9 Å². The average molecular weight is 303 g/mol. The fourth-order valence-corrected chi connectivity index (χ4v) is 2.30. The number of nitrogens with zero attached hydrogens (tertiary/aromatic N) is 2. The van der Waals surface area contributed by atoms with E-state index in [9.17, 15) is 4.79 Å². The van der Waals surface area contributed by atoms with Crippen molar-refractivity contribution in [1.82, 2.24) is 9.97 Å². The van der Waals surface area contributed by atoms with Gasteiger partial charge in [-0.1, -0.05) is 55.5 Å². The van der Waals surface area contributed by atoms with Crippen LogP contribution in [-0.2, 0) is 6.42 Å². The SMILES string of the molecule is CCc1nc(-c2ccccc2)cnc1NC(=O)c1ccccc1. The Balaban J connectivity index is 1.87. The zero-order valence-electron chi connectivity index (χ0n) is 12.9. The lowest BCUT2D eigenvalue weighted by Crippen LogP contribution is -2.15. The number of hydrogen-bond donors (Lipinski definition) is 1. The van der Waals surface area contributed by atoms with E-state index in [0.29, 0.717) is 17.8 Å². The molecule has 0 aliphatic heterocycles. The van der Waals surface area contributed by atoms with Crippen LogP contribution in [0, 0.1) is 0 Å². The molecule has 1 aromatic heterocycles. The number of carbonyl (C=O) groups excluding carboxylic acids is 1. The van der Waals surface area contributed by atoms with Crippen LogP contribution in [0.3, 0.4) is 0 Å². The van der Waals surface area contributed by atoms with Crippen molar-refractivity contribution in [2.24, 2.45) is 0 Å². The zero-order chi connectivity index (χ0) is 16.1. The molecule has 0 aliphatic rings. The van der Waals surface area contributed by atoms with Gasteiger partial charge in [-0.05, 0) is 18.6 Å². The van der Waals surface area contributed by atoms with Crippen LogP contribution in [0.4, 0.5) is 5.82 Å². The van der Waals surface area contributed by atoms with E-state index in [1.807, 2.05) is 55.5 Å². The normalized spacial score (nSPS) is 10.3. The maximum absolute atomic E-state index is 12.3. The van der Waals surface area contributed by atoms with Gasteiger partial charge < -0.3 is 5.32 Å². The molecule has 4 heteroatoms. The van der Waals surface area contributed by atoms with Crippen LogP contribution >= 0.6 is 0 Å². The fourth-order valence-electron chi connectivity index (χ4n) is 2.30. The Morgan fingerprint density at radius 2 is 1.65 bits per heavy atom. The highest BCUT2D eigenvalue weighted by atomic mass is 16.1. The van der Waals surface area contributed by atoms with Gasteiger partial charge in [0.2, 0.25) is 0 Å².